The minimum absolute atomic E-state index is 0.0580. The van der Waals surface area contributed by atoms with Gasteiger partial charge in [-0.25, -0.2) is 0 Å². The summed E-state index contributed by atoms with van der Waals surface area (Å²) in [4.78, 5) is 29.2. The van der Waals surface area contributed by atoms with Crippen molar-refractivity contribution in [2.75, 3.05) is 0 Å². The molecule has 1 aliphatic rings. The van der Waals surface area contributed by atoms with E-state index in [9.17, 15) is 9.59 Å². The predicted molar refractivity (Wildman–Crippen MR) is 149 cm³/mol. The van der Waals surface area contributed by atoms with E-state index in [1.54, 1.807) is 4.90 Å². The van der Waals surface area contributed by atoms with E-state index in [0.29, 0.717) is 24.4 Å². The highest BCUT2D eigenvalue weighted by Gasteiger charge is 2.32. The molecule has 0 aliphatic heterocycles. The van der Waals surface area contributed by atoms with E-state index in [-0.39, 0.29) is 24.3 Å². The van der Waals surface area contributed by atoms with Crippen LogP contribution in [0.25, 0.3) is 0 Å². The summed E-state index contributed by atoms with van der Waals surface area (Å²) >= 11 is 9.89. The topological polar surface area (TPSA) is 49.4 Å². The molecule has 1 saturated carbocycles. The fourth-order valence-electron chi connectivity index (χ4n) is 4.84. The van der Waals surface area contributed by atoms with Crippen molar-refractivity contribution in [1.29, 1.82) is 0 Å². The molecule has 1 atom stereocenters. The van der Waals surface area contributed by atoms with Crippen molar-refractivity contribution in [3.8, 4) is 0 Å². The van der Waals surface area contributed by atoms with Gasteiger partial charge in [0.05, 0.1) is 0 Å². The van der Waals surface area contributed by atoms with E-state index in [4.69, 9.17) is 11.6 Å². The van der Waals surface area contributed by atoms with Gasteiger partial charge in [0.1, 0.15) is 6.04 Å². The second-order valence-electron chi connectivity index (χ2n) is 9.44. The average molecular weight is 568 g/mol. The normalized spacial score (nSPS) is 14.4. The van der Waals surface area contributed by atoms with Gasteiger partial charge in [0.2, 0.25) is 11.8 Å². The third-order valence-corrected chi connectivity index (χ3v) is 7.64. The highest BCUT2D eigenvalue weighted by atomic mass is 79.9. The summed E-state index contributed by atoms with van der Waals surface area (Å²) in [5.41, 5.74) is 2.94. The molecule has 0 aromatic heterocycles. The number of nitrogens with one attached hydrogen (secondary N) is 1. The average Bonchev–Trinajstić information content (AvgIpc) is 3.39. The van der Waals surface area contributed by atoms with Crippen molar-refractivity contribution >= 4 is 39.3 Å². The van der Waals surface area contributed by atoms with E-state index >= 15 is 0 Å². The number of nitrogens with zero attached hydrogens (tertiary/aromatic N) is 1. The molecule has 0 radical (unpaired) electrons. The van der Waals surface area contributed by atoms with Gasteiger partial charge in [-0.15, -0.1) is 0 Å². The predicted octanol–water partition coefficient (Wildman–Crippen LogP) is 6.73. The second kappa shape index (κ2) is 13.1. The molecule has 36 heavy (non-hydrogen) atoms. The van der Waals surface area contributed by atoms with Crippen LogP contribution < -0.4 is 5.32 Å². The molecule has 0 heterocycles. The molecule has 1 aliphatic carbocycles. The second-order valence-corrected chi connectivity index (χ2v) is 10.8. The number of carbonyl (C=O) groups is 2. The molecule has 3 aromatic carbocycles. The van der Waals surface area contributed by atoms with Crippen molar-refractivity contribution in [3.63, 3.8) is 0 Å². The molecule has 2 amide bonds. The molecule has 4 rings (SSSR count). The molecule has 6 heteroatoms. The SMILES string of the molecule is O=C(NC1CCCC1)C(Cc1ccccc1)N(Cc1cccc(Br)c1)C(=O)CCc1ccccc1Cl. The Morgan fingerprint density at radius 3 is 2.36 bits per heavy atom. The Balaban J connectivity index is 1.62. The van der Waals surface area contributed by atoms with Crippen LogP contribution in [0.1, 0.15) is 48.8 Å². The highest BCUT2D eigenvalue weighted by Crippen LogP contribution is 2.23. The summed E-state index contributed by atoms with van der Waals surface area (Å²) in [7, 11) is 0. The lowest BCUT2D eigenvalue weighted by Gasteiger charge is -2.32. The standard InChI is InChI=1S/C30H32BrClN2O2/c31-25-13-8-11-23(19-25)21-34(29(35)18-17-24-12-4-7-16-27(24)32)28(20-22-9-2-1-3-10-22)30(36)33-26-14-5-6-15-26/h1-4,7-13,16,19,26,28H,5-6,14-15,17-18,20-21H2,(H,33,36). The number of halogens is 2. The lowest BCUT2D eigenvalue weighted by Crippen LogP contribution is -2.52. The molecule has 1 N–H and O–H groups in total. The summed E-state index contributed by atoms with van der Waals surface area (Å²) in [6.45, 7) is 0.358. The van der Waals surface area contributed by atoms with Gasteiger partial charge in [0.15, 0.2) is 0 Å². The maximum Gasteiger partial charge on any atom is 0.243 e. The van der Waals surface area contributed by atoms with Crippen LogP contribution in [0.3, 0.4) is 0 Å². The molecule has 0 bridgehead atoms. The van der Waals surface area contributed by atoms with Crippen molar-refractivity contribution in [3.05, 3.63) is 105 Å². The number of rotatable bonds is 10. The fraction of sp³-hybridized carbons (Fsp3) is 0.333. The highest BCUT2D eigenvalue weighted by molar-refractivity contribution is 9.10. The smallest absolute Gasteiger partial charge is 0.243 e. The Kier molecular flexibility index (Phi) is 9.60. The Bertz CT molecular complexity index is 1160. The van der Waals surface area contributed by atoms with Gasteiger partial charge in [0.25, 0.3) is 0 Å². The zero-order chi connectivity index (χ0) is 25.3. The summed E-state index contributed by atoms with van der Waals surface area (Å²) in [6, 6.07) is 25.0. The quantitative estimate of drug-likeness (QED) is 0.295. The lowest BCUT2D eigenvalue weighted by molar-refractivity contribution is -0.141. The largest absolute Gasteiger partial charge is 0.352 e. The monoisotopic (exact) mass is 566 g/mol. The van der Waals surface area contributed by atoms with E-state index in [2.05, 4.69) is 21.2 Å². The number of amides is 2. The van der Waals surface area contributed by atoms with Crippen LogP contribution in [0.15, 0.2) is 83.3 Å². The fourth-order valence-corrected chi connectivity index (χ4v) is 5.52. The first-order valence-corrected chi connectivity index (χ1v) is 13.8. The van der Waals surface area contributed by atoms with Crippen molar-refractivity contribution in [1.82, 2.24) is 10.2 Å². The number of hydrogen-bond acceptors (Lipinski definition) is 2. The van der Waals surface area contributed by atoms with Crippen molar-refractivity contribution in [2.24, 2.45) is 0 Å². The third-order valence-electron chi connectivity index (χ3n) is 6.78. The van der Waals surface area contributed by atoms with E-state index in [1.165, 1.54) is 0 Å². The van der Waals surface area contributed by atoms with Crippen LogP contribution in [-0.4, -0.2) is 28.8 Å². The molecule has 1 fully saturated rings. The first kappa shape index (κ1) is 26.4. The minimum Gasteiger partial charge on any atom is -0.352 e. The molecule has 0 saturated heterocycles. The van der Waals surface area contributed by atoms with Crippen LogP contribution in [0.2, 0.25) is 5.02 Å². The number of benzene rings is 3. The van der Waals surface area contributed by atoms with Gasteiger partial charge in [-0.05, 0) is 54.2 Å². The number of hydrogen-bond donors (Lipinski definition) is 1. The molecule has 3 aromatic rings. The van der Waals surface area contributed by atoms with Gasteiger partial charge in [-0.3, -0.25) is 9.59 Å². The molecule has 0 spiro atoms. The third kappa shape index (κ3) is 7.44. The summed E-state index contributed by atoms with van der Waals surface area (Å²) in [5, 5.41) is 3.91. The Hall–Kier alpha value is -2.63. The van der Waals surface area contributed by atoms with E-state index in [0.717, 1.165) is 46.8 Å². The van der Waals surface area contributed by atoms with E-state index in [1.807, 2.05) is 78.9 Å². The van der Waals surface area contributed by atoms with Crippen LogP contribution >= 0.6 is 27.5 Å². The van der Waals surface area contributed by atoms with Crippen LogP contribution in [0.5, 0.6) is 0 Å². The molecule has 1 unspecified atom stereocenters. The van der Waals surface area contributed by atoms with Gasteiger partial charge in [-0.2, -0.15) is 0 Å². The van der Waals surface area contributed by atoms with Crippen LogP contribution in [0.4, 0.5) is 0 Å². The van der Waals surface area contributed by atoms with Crippen molar-refractivity contribution < 1.29 is 9.59 Å². The Labute approximate surface area is 227 Å². The van der Waals surface area contributed by atoms with Crippen LogP contribution in [-0.2, 0) is 29.0 Å². The number of carbonyl (C=O) groups excluding carboxylic acids is 2. The summed E-state index contributed by atoms with van der Waals surface area (Å²) < 4.78 is 0.943. The zero-order valence-electron chi connectivity index (χ0n) is 20.3. The van der Waals surface area contributed by atoms with Gasteiger partial charge < -0.3 is 10.2 Å². The minimum atomic E-state index is -0.606. The molecule has 188 valence electrons. The molecular weight excluding hydrogens is 536 g/mol. The Morgan fingerprint density at radius 2 is 1.64 bits per heavy atom. The zero-order valence-corrected chi connectivity index (χ0v) is 22.7. The van der Waals surface area contributed by atoms with Gasteiger partial charge in [0, 0.05) is 34.9 Å². The van der Waals surface area contributed by atoms with Gasteiger partial charge in [-0.1, -0.05) is 101 Å². The molecular formula is C30H32BrClN2O2. The maximum absolute atomic E-state index is 13.8. The number of aryl methyl sites for hydroxylation is 1. The Morgan fingerprint density at radius 1 is 0.944 bits per heavy atom. The van der Waals surface area contributed by atoms with Crippen LogP contribution in [0, 0.1) is 0 Å². The van der Waals surface area contributed by atoms with Crippen molar-refractivity contribution in [2.45, 2.75) is 63.6 Å². The summed E-state index contributed by atoms with van der Waals surface area (Å²) in [6.07, 6.45) is 5.52. The first-order chi connectivity index (χ1) is 17.5. The first-order valence-electron chi connectivity index (χ1n) is 12.6. The molecule has 4 nitrogen and oxygen atoms in total. The maximum atomic E-state index is 13.8. The summed E-state index contributed by atoms with van der Waals surface area (Å²) in [5.74, 6) is -0.135. The lowest BCUT2D eigenvalue weighted by atomic mass is 10.0. The van der Waals surface area contributed by atoms with E-state index < -0.39 is 6.04 Å². The van der Waals surface area contributed by atoms with Gasteiger partial charge >= 0.3 is 0 Å².